The number of nitrogens with one attached hydrogen (secondary N) is 1. The standard InChI is InChI=1S/C15H20Cl2N2O2/c1-5-19(9-13(20)18-15(2,3)4)14(21)11-7-6-10(16)8-12(11)17/h6-8H,5,9H2,1-4H3,(H,18,20). The first-order valence-corrected chi connectivity index (χ1v) is 7.45. The van der Waals surface area contributed by atoms with Crippen molar-refractivity contribution < 1.29 is 9.59 Å². The van der Waals surface area contributed by atoms with Crippen LogP contribution in [-0.2, 0) is 4.79 Å². The maximum atomic E-state index is 12.4. The van der Waals surface area contributed by atoms with E-state index in [1.165, 1.54) is 11.0 Å². The number of likely N-dealkylation sites (N-methyl/N-ethyl adjacent to an activating group) is 1. The minimum absolute atomic E-state index is 0.00837. The van der Waals surface area contributed by atoms with Crippen LogP contribution in [0.1, 0.15) is 38.1 Å². The average molecular weight is 331 g/mol. The van der Waals surface area contributed by atoms with Crippen molar-refractivity contribution in [2.45, 2.75) is 33.2 Å². The molecular formula is C15H20Cl2N2O2. The summed E-state index contributed by atoms with van der Waals surface area (Å²) < 4.78 is 0. The topological polar surface area (TPSA) is 49.4 Å². The Hall–Kier alpha value is -1.26. The lowest BCUT2D eigenvalue weighted by atomic mass is 10.1. The molecule has 0 heterocycles. The van der Waals surface area contributed by atoms with Gasteiger partial charge in [-0.1, -0.05) is 23.2 Å². The molecule has 0 aliphatic heterocycles. The highest BCUT2D eigenvalue weighted by molar-refractivity contribution is 6.36. The van der Waals surface area contributed by atoms with Gasteiger partial charge in [-0.3, -0.25) is 9.59 Å². The quantitative estimate of drug-likeness (QED) is 0.920. The van der Waals surface area contributed by atoms with Gasteiger partial charge in [-0.05, 0) is 45.9 Å². The zero-order valence-electron chi connectivity index (χ0n) is 12.7. The number of amides is 2. The van der Waals surface area contributed by atoms with Crippen LogP contribution in [0, 0.1) is 0 Å². The molecule has 0 unspecified atom stereocenters. The second-order valence-corrected chi connectivity index (χ2v) is 6.59. The number of carbonyl (C=O) groups is 2. The third kappa shape index (κ3) is 5.56. The molecule has 0 fully saturated rings. The van der Waals surface area contributed by atoms with Crippen LogP contribution in [0.4, 0.5) is 0 Å². The van der Waals surface area contributed by atoms with Crippen LogP contribution in [0.3, 0.4) is 0 Å². The molecule has 6 heteroatoms. The number of halogens is 2. The Morgan fingerprint density at radius 1 is 1.24 bits per heavy atom. The molecule has 1 aromatic carbocycles. The van der Waals surface area contributed by atoms with Crippen LogP contribution in [-0.4, -0.2) is 35.3 Å². The van der Waals surface area contributed by atoms with Gasteiger partial charge in [0.15, 0.2) is 0 Å². The van der Waals surface area contributed by atoms with E-state index in [0.717, 1.165) is 0 Å². The monoisotopic (exact) mass is 330 g/mol. The lowest BCUT2D eigenvalue weighted by Gasteiger charge is -2.25. The number of rotatable bonds is 4. The molecule has 4 nitrogen and oxygen atoms in total. The zero-order chi connectivity index (χ0) is 16.2. The van der Waals surface area contributed by atoms with Crippen LogP contribution in [0.25, 0.3) is 0 Å². The summed E-state index contributed by atoms with van der Waals surface area (Å²) in [6.07, 6.45) is 0. The fourth-order valence-corrected chi connectivity index (χ4v) is 2.28. The zero-order valence-corrected chi connectivity index (χ0v) is 14.2. The summed E-state index contributed by atoms with van der Waals surface area (Å²) in [6, 6.07) is 4.68. The lowest BCUT2D eigenvalue weighted by molar-refractivity contribution is -0.123. The number of hydrogen-bond acceptors (Lipinski definition) is 2. The van der Waals surface area contributed by atoms with E-state index in [9.17, 15) is 9.59 Å². The summed E-state index contributed by atoms with van der Waals surface area (Å²) in [5, 5.41) is 3.57. The number of carbonyl (C=O) groups excluding carboxylic acids is 2. The van der Waals surface area contributed by atoms with E-state index in [2.05, 4.69) is 5.32 Å². The molecule has 0 aliphatic rings. The molecule has 0 aromatic heterocycles. The summed E-state index contributed by atoms with van der Waals surface area (Å²) in [4.78, 5) is 25.8. The summed E-state index contributed by atoms with van der Waals surface area (Å²) in [5.74, 6) is -0.494. The molecule has 0 saturated carbocycles. The summed E-state index contributed by atoms with van der Waals surface area (Å²) >= 11 is 11.9. The normalized spacial score (nSPS) is 11.1. The Morgan fingerprint density at radius 3 is 2.33 bits per heavy atom. The van der Waals surface area contributed by atoms with Crippen LogP contribution in [0.2, 0.25) is 10.0 Å². The van der Waals surface area contributed by atoms with Gasteiger partial charge in [-0.15, -0.1) is 0 Å². The SMILES string of the molecule is CCN(CC(=O)NC(C)(C)C)C(=O)c1ccc(Cl)cc1Cl. The highest BCUT2D eigenvalue weighted by Crippen LogP contribution is 2.22. The predicted molar refractivity (Wildman–Crippen MR) is 85.9 cm³/mol. The molecule has 0 radical (unpaired) electrons. The van der Waals surface area contributed by atoms with Crippen molar-refractivity contribution in [2.24, 2.45) is 0 Å². The van der Waals surface area contributed by atoms with Gasteiger partial charge < -0.3 is 10.2 Å². The second kappa shape index (κ2) is 7.14. The van der Waals surface area contributed by atoms with Crippen molar-refractivity contribution >= 4 is 35.0 Å². The minimum Gasteiger partial charge on any atom is -0.350 e. The molecule has 21 heavy (non-hydrogen) atoms. The highest BCUT2D eigenvalue weighted by atomic mass is 35.5. The van der Waals surface area contributed by atoms with Gasteiger partial charge in [0.2, 0.25) is 5.91 Å². The van der Waals surface area contributed by atoms with Crippen LogP contribution in [0.15, 0.2) is 18.2 Å². The first-order chi connectivity index (χ1) is 9.64. The fraction of sp³-hybridized carbons (Fsp3) is 0.467. The lowest BCUT2D eigenvalue weighted by Crippen LogP contribution is -2.47. The maximum absolute atomic E-state index is 12.4. The number of benzene rings is 1. The van der Waals surface area contributed by atoms with E-state index in [4.69, 9.17) is 23.2 Å². The molecule has 1 rings (SSSR count). The van der Waals surface area contributed by atoms with Gasteiger partial charge in [0, 0.05) is 17.1 Å². The fourth-order valence-electron chi connectivity index (χ4n) is 1.79. The highest BCUT2D eigenvalue weighted by Gasteiger charge is 2.21. The second-order valence-electron chi connectivity index (χ2n) is 5.74. The summed E-state index contributed by atoms with van der Waals surface area (Å²) in [6.45, 7) is 7.88. The van der Waals surface area contributed by atoms with Crippen LogP contribution in [0.5, 0.6) is 0 Å². The van der Waals surface area contributed by atoms with E-state index in [-0.39, 0.29) is 28.9 Å². The summed E-state index contributed by atoms with van der Waals surface area (Å²) in [5.41, 5.74) is 0.00348. The third-order valence-corrected chi connectivity index (χ3v) is 3.23. The van der Waals surface area contributed by atoms with Crippen molar-refractivity contribution in [3.05, 3.63) is 33.8 Å². The number of nitrogens with zero attached hydrogens (tertiary/aromatic N) is 1. The van der Waals surface area contributed by atoms with Gasteiger partial charge in [0.25, 0.3) is 5.91 Å². The van der Waals surface area contributed by atoms with Gasteiger partial charge >= 0.3 is 0 Å². The van der Waals surface area contributed by atoms with E-state index >= 15 is 0 Å². The van der Waals surface area contributed by atoms with Gasteiger partial charge in [0.05, 0.1) is 17.1 Å². The predicted octanol–water partition coefficient (Wildman–Crippen LogP) is 3.37. The van der Waals surface area contributed by atoms with Crippen LogP contribution >= 0.6 is 23.2 Å². The molecule has 0 spiro atoms. The molecular weight excluding hydrogens is 311 g/mol. The molecule has 116 valence electrons. The largest absolute Gasteiger partial charge is 0.350 e. The molecule has 0 bridgehead atoms. The summed E-state index contributed by atoms with van der Waals surface area (Å²) in [7, 11) is 0. The van der Waals surface area contributed by atoms with E-state index in [0.29, 0.717) is 17.1 Å². The van der Waals surface area contributed by atoms with Crippen LogP contribution < -0.4 is 5.32 Å². The van der Waals surface area contributed by atoms with E-state index in [1.54, 1.807) is 12.1 Å². The Balaban J connectivity index is 2.84. The first-order valence-electron chi connectivity index (χ1n) is 6.69. The molecule has 1 aromatic rings. The smallest absolute Gasteiger partial charge is 0.255 e. The van der Waals surface area contributed by atoms with Gasteiger partial charge in [-0.2, -0.15) is 0 Å². The van der Waals surface area contributed by atoms with Crippen molar-refractivity contribution in [1.29, 1.82) is 0 Å². The average Bonchev–Trinajstić information content (AvgIpc) is 2.33. The van der Waals surface area contributed by atoms with Gasteiger partial charge in [0.1, 0.15) is 0 Å². The minimum atomic E-state index is -0.336. The Bertz CT molecular complexity index is 539. The van der Waals surface area contributed by atoms with Gasteiger partial charge in [-0.25, -0.2) is 0 Å². The molecule has 0 aliphatic carbocycles. The molecule has 1 N–H and O–H groups in total. The molecule has 0 saturated heterocycles. The van der Waals surface area contributed by atoms with Crippen molar-refractivity contribution in [3.63, 3.8) is 0 Å². The third-order valence-electron chi connectivity index (χ3n) is 2.68. The molecule has 2 amide bonds. The Labute approximate surface area is 135 Å². The Morgan fingerprint density at radius 2 is 1.86 bits per heavy atom. The van der Waals surface area contributed by atoms with E-state index < -0.39 is 0 Å². The Kier molecular flexibility index (Phi) is 6.05. The maximum Gasteiger partial charge on any atom is 0.255 e. The molecule has 0 atom stereocenters. The first kappa shape index (κ1) is 17.8. The van der Waals surface area contributed by atoms with Crippen molar-refractivity contribution in [3.8, 4) is 0 Å². The van der Waals surface area contributed by atoms with E-state index in [1.807, 2.05) is 27.7 Å². The number of hydrogen-bond donors (Lipinski definition) is 1. The van der Waals surface area contributed by atoms with Crippen molar-refractivity contribution in [2.75, 3.05) is 13.1 Å². The van der Waals surface area contributed by atoms with Crippen molar-refractivity contribution in [1.82, 2.24) is 10.2 Å².